The fourth-order valence-electron chi connectivity index (χ4n) is 0.279. The molecule has 2 heterocycles. The predicted molar refractivity (Wildman–Crippen MR) is 13.4 cm³/mol. The number of fused-ring (bicyclic) bond motifs is 1. The smallest absolute Gasteiger partial charge is 0.0819 e. The largest absolute Gasteiger partial charge is 0.208 e. The van der Waals surface area contributed by atoms with Crippen LogP contribution < -0.4 is 0 Å². The van der Waals surface area contributed by atoms with E-state index < -0.39 is 0 Å². The molecule has 0 aromatic rings. The first kappa shape index (κ1) is 1.38. The molecule has 0 atom stereocenters. The van der Waals surface area contributed by atoms with Crippen molar-refractivity contribution in [3.05, 3.63) is 0 Å². The Hall–Kier alpha value is -0.0800. The molecule has 2 fully saturated rings. The van der Waals surface area contributed by atoms with Gasteiger partial charge in [-0.2, -0.15) is 0 Å². The summed E-state index contributed by atoms with van der Waals surface area (Å²) in [6.07, 6.45) is 0. The molecule has 0 aromatic carbocycles. The number of hydrazine groups is 1. The van der Waals surface area contributed by atoms with Gasteiger partial charge in [0.15, 0.2) is 0 Å². The molecule has 2 aliphatic heterocycles. The van der Waals surface area contributed by atoms with E-state index in [0.717, 1.165) is 0 Å². The van der Waals surface area contributed by atoms with Gasteiger partial charge in [0.05, 0.1) is 13.3 Å². The van der Waals surface area contributed by atoms with E-state index in [1.807, 2.05) is 0 Å². The second-order valence-electron chi connectivity index (χ2n) is 1.30. The summed E-state index contributed by atoms with van der Waals surface area (Å²) in [6, 6.07) is 0. The lowest BCUT2D eigenvalue weighted by molar-refractivity contribution is 0.796. The molecule has 0 unspecified atom stereocenters. The van der Waals surface area contributed by atoms with Gasteiger partial charge in [0, 0.05) is 0 Å². The minimum atomic E-state index is 1.25. The Kier molecular flexibility index (Phi) is 0.0592. The average Bonchev–Trinajstić information content (AvgIpc) is 1.36. The molecule has 22 valence electrons. The second-order valence-corrected chi connectivity index (χ2v) is 1.30. The van der Waals surface area contributed by atoms with Crippen molar-refractivity contribution in [1.82, 2.24) is 10.0 Å². The highest BCUT2D eigenvalue weighted by molar-refractivity contribution is 4.80. The van der Waals surface area contributed by atoms with Crippen molar-refractivity contribution in [1.29, 1.82) is 0 Å². The molecule has 2 nitrogen and oxygen atoms in total. The van der Waals surface area contributed by atoms with E-state index >= 15 is 0 Å². The van der Waals surface area contributed by atoms with Crippen LogP contribution in [0.3, 0.4) is 0 Å². The zero-order valence-corrected chi connectivity index (χ0v) is 2.31. The topological polar surface area (TPSA) is 6.02 Å². The highest BCUT2D eigenvalue weighted by Gasteiger charge is 2.47. The van der Waals surface area contributed by atoms with Gasteiger partial charge in [-0.15, -0.1) is 0 Å². The van der Waals surface area contributed by atoms with Crippen LogP contribution in [0.4, 0.5) is 0 Å². The number of nitrogens with zero attached hydrogens (tertiary/aromatic N) is 2. The second kappa shape index (κ2) is 0.172. The van der Waals surface area contributed by atoms with Crippen molar-refractivity contribution in [2.45, 2.75) is 0 Å². The molecule has 0 spiro atoms. The third-order valence-electron chi connectivity index (χ3n) is 0.883. The summed E-state index contributed by atoms with van der Waals surface area (Å²) < 4.78 is 0. The van der Waals surface area contributed by atoms with Crippen molar-refractivity contribution in [2.24, 2.45) is 0 Å². The summed E-state index contributed by atoms with van der Waals surface area (Å²) in [5, 5.41) is 4.50. The molecular weight excluding hydrogens is 52.0 g/mol. The highest BCUT2D eigenvalue weighted by Crippen LogP contribution is 2.29. The van der Waals surface area contributed by atoms with E-state index in [1.54, 1.807) is 0 Å². The van der Waals surface area contributed by atoms with Crippen molar-refractivity contribution >= 4 is 0 Å². The molecule has 0 bridgehead atoms. The van der Waals surface area contributed by atoms with Gasteiger partial charge in [-0.05, 0) is 0 Å². The molecule has 0 saturated carbocycles. The van der Waals surface area contributed by atoms with Crippen LogP contribution in [0.25, 0.3) is 0 Å². The van der Waals surface area contributed by atoms with Gasteiger partial charge in [0.25, 0.3) is 0 Å². The maximum Gasteiger partial charge on any atom is 0.0819 e. The van der Waals surface area contributed by atoms with Crippen LogP contribution in [-0.4, -0.2) is 23.4 Å². The van der Waals surface area contributed by atoms with Gasteiger partial charge in [0.1, 0.15) is 0 Å². The quantitative estimate of drug-likeness (QED) is 0.343. The first-order valence-corrected chi connectivity index (χ1v) is 1.46. The SMILES string of the molecule is C1N2CN12. The van der Waals surface area contributed by atoms with Gasteiger partial charge in [-0.25, -0.2) is 10.0 Å². The molecular formula is C2H4N2. The molecule has 0 amide bonds. The maximum atomic E-state index is 2.25. The lowest BCUT2D eigenvalue weighted by Gasteiger charge is -1.59. The van der Waals surface area contributed by atoms with Gasteiger partial charge in [0.2, 0.25) is 0 Å². The van der Waals surface area contributed by atoms with Crippen molar-refractivity contribution in [3.63, 3.8) is 0 Å². The first-order chi connectivity index (χ1) is 1.97. The molecule has 0 aromatic heterocycles. The standard InChI is InChI=1S/C2H4N2/c1-3-2-4(1)3/h1-2H2. The Morgan fingerprint density at radius 3 is 1.25 bits per heavy atom. The molecule has 0 radical (unpaired) electrons. The van der Waals surface area contributed by atoms with Crippen LogP contribution in [0.15, 0.2) is 0 Å². The number of hydrogen-bond acceptors (Lipinski definition) is 2. The summed E-state index contributed by atoms with van der Waals surface area (Å²) in [4.78, 5) is 0. The molecule has 0 aliphatic carbocycles. The van der Waals surface area contributed by atoms with Crippen LogP contribution in [0.2, 0.25) is 0 Å². The maximum absolute atomic E-state index is 2.25. The zero-order chi connectivity index (χ0) is 2.57. The molecule has 4 heavy (non-hydrogen) atoms. The van der Waals surface area contributed by atoms with Gasteiger partial charge in [-0.1, -0.05) is 0 Å². The fraction of sp³-hybridized carbons (Fsp3) is 1.00. The van der Waals surface area contributed by atoms with E-state index in [9.17, 15) is 0 Å². The Bertz CT molecular complexity index is 40.0. The number of rotatable bonds is 0. The minimum Gasteiger partial charge on any atom is -0.208 e. The van der Waals surface area contributed by atoms with Crippen LogP contribution in [-0.2, 0) is 0 Å². The van der Waals surface area contributed by atoms with E-state index in [0.29, 0.717) is 0 Å². The van der Waals surface area contributed by atoms with Crippen LogP contribution in [0.5, 0.6) is 0 Å². The van der Waals surface area contributed by atoms with E-state index in [2.05, 4.69) is 10.0 Å². The Morgan fingerprint density at radius 2 is 1.25 bits per heavy atom. The normalized spacial score (nSPS) is 66.0. The Morgan fingerprint density at radius 1 is 1.00 bits per heavy atom. The third kappa shape index (κ3) is 0.0259. The van der Waals surface area contributed by atoms with Crippen LogP contribution in [0.1, 0.15) is 0 Å². The van der Waals surface area contributed by atoms with E-state index in [1.165, 1.54) is 13.3 Å². The van der Waals surface area contributed by atoms with Crippen molar-refractivity contribution in [3.8, 4) is 0 Å². The molecule has 2 aliphatic rings. The van der Waals surface area contributed by atoms with E-state index in [4.69, 9.17) is 0 Å². The minimum absolute atomic E-state index is 1.25. The van der Waals surface area contributed by atoms with Gasteiger partial charge >= 0.3 is 0 Å². The monoisotopic (exact) mass is 56.0 g/mol. The summed E-state index contributed by atoms with van der Waals surface area (Å²) >= 11 is 0. The Balaban J connectivity index is 2.48. The van der Waals surface area contributed by atoms with Crippen molar-refractivity contribution in [2.75, 3.05) is 13.3 Å². The summed E-state index contributed by atoms with van der Waals surface area (Å²) in [6.45, 7) is 2.50. The lowest BCUT2D eigenvalue weighted by atomic mass is 11.0. The molecule has 0 N–H and O–H groups in total. The molecule has 2 heteroatoms. The van der Waals surface area contributed by atoms with Gasteiger partial charge < -0.3 is 0 Å². The molecule has 2 rings (SSSR count). The summed E-state index contributed by atoms with van der Waals surface area (Å²) in [5.41, 5.74) is 0. The third-order valence-corrected chi connectivity index (χ3v) is 0.883. The number of hydrogen-bond donors (Lipinski definition) is 0. The zero-order valence-electron chi connectivity index (χ0n) is 2.31. The summed E-state index contributed by atoms with van der Waals surface area (Å²) in [5.74, 6) is 0. The summed E-state index contributed by atoms with van der Waals surface area (Å²) in [7, 11) is 0. The van der Waals surface area contributed by atoms with Crippen molar-refractivity contribution < 1.29 is 0 Å². The fourth-order valence-corrected chi connectivity index (χ4v) is 0.279. The predicted octanol–water partition coefficient (Wildman–Crippen LogP) is -0.552. The Labute approximate surface area is 24.6 Å². The average molecular weight is 56.1 g/mol. The van der Waals surface area contributed by atoms with Gasteiger partial charge in [-0.3, -0.25) is 0 Å². The molecule has 2 saturated heterocycles. The van der Waals surface area contributed by atoms with Crippen LogP contribution >= 0.6 is 0 Å². The highest BCUT2D eigenvalue weighted by atomic mass is 16.0. The lowest BCUT2D eigenvalue weighted by Crippen LogP contribution is -1.81. The van der Waals surface area contributed by atoms with Crippen LogP contribution in [0, 0.1) is 0 Å². The first-order valence-electron chi connectivity index (χ1n) is 1.46. The van der Waals surface area contributed by atoms with E-state index in [-0.39, 0.29) is 0 Å².